The van der Waals surface area contributed by atoms with Crippen molar-refractivity contribution in [3.05, 3.63) is 30.1 Å². The zero-order valence-electron chi connectivity index (χ0n) is 12.0. The van der Waals surface area contributed by atoms with Crippen molar-refractivity contribution < 1.29 is 14.3 Å². The Labute approximate surface area is 124 Å². The number of carbonyl (C=O) groups is 1. The van der Waals surface area contributed by atoms with Crippen molar-refractivity contribution in [3.63, 3.8) is 0 Å². The van der Waals surface area contributed by atoms with Crippen molar-refractivity contribution >= 4 is 6.03 Å². The van der Waals surface area contributed by atoms with E-state index in [4.69, 9.17) is 9.47 Å². The summed E-state index contributed by atoms with van der Waals surface area (Å²) >= 11 is 0. The molecule has 2 saturated heterocycles. The van der Waals surface area contributed by atoms with Crippen molar-refractivity contribution in [2.45, 2.75) is 38.1 Å². The molecule has 114 valence electrons. The molecule has 0 spiro atoms. The van der Waals surface area contributed by atoms with E-state index in [9.17, 15) is 4.79 Å². The van der Waals surface area contributed by atoms with Gasteiger partial charge >= 0.3 is 6.03 Å². The van der Waals surface area contributed by atoms with Crippen LogP contribution in [0.15, 0.2) is 24.4 Å². The zero-order chi connectivity index (χ0) is 14.5. The van der Waals surface area contributed by atoms with Crippen molar-refractivity contribution in [1.82, 2.24) is 15.2 Å². The monoisotopic (exact) mass is 291 g/mol. The number of pyridine rings is 1. The Morgan fingerprint density at radius 1 is 1.33 bits per heavy atom. The lowest BCUT2D eigenvalue weighted by atomic mass is 10.0. The lowest BCUT2D eigenvalue weighted by Gasteiger charge is -2.37. The topological polar surface area (TPSA) is 63.7 Å². The molecule has 2 amide bonds. The first-order valence-corrected chi connectivity index (χ1v) is 7.52. The van der Waals surface area contributed by atoms with Crippen LogP contribution in [0.2, 0.25) is 0 Å². The smallest absolute Gasteiger partial charge is 0.318 e. The van der Waals surface area contributed by atoms with E-state index in [0.29, 0.717) is 19.8 Å². The van der Waals surface area contributed by atoms with Crippen LogP contribution in [0.1, 0.15) is 25.0 Å². The van der Waals surface area contributed by atoms with Gasteiger partial charge in [-0.2, -0.15) is 0 Å². The Balaban J connectivity index is 1.58. The van der Waals surface area contributed by atoms with Gasteiger partial charge in [-0.25, -0.2) is 4.79 Å². The molecule has 1 atom stereocenters. The third-order valence-corrected chi connectivity index (χ3v) is 3.92. The molecule has 0 bridgehead atoms. The highest BCUT2D eigenvalue weighted by atomic mass is 16.7. The molecule has 3 rings (SSSR count). The maximum Gasteiger partial charge on any atom is 0.318 e. The fourth-order valence-corrected chi connectivity index (χ4v) is 2.86. The van der Waals surface area contributed by atoms with Crippen LogP contribution in [0.25, 0.3) is 0 Å². The Kier molecular flexibility index (Phi) is 4.67. The van der Waals surface area contributed by atoms with Crippen LogP contribution in [0, 0.1) is 0 Å². The fourth-order valence-electron chi connectivity index (χ4n) is 2.86. The van der Waals surface area contributed by atoms with Crippen LogP contribution in [0.3, 0.4) is 0 Å². The number of rotatable bonds is 3. The minimum Gasteiger partial charge on any atom is -0.348 e. The van der Waals surface area contributed by atoms with E-state index in [0.717, 1.165) is 31.5 Å². The van der Waals surface area contributed by atoms with E-state index in [1.54, 1.807) is 6.20 Å². The average Bonchev–Trinajstić information content (AvgIpc) is 3.08. The van der Waals surface area contributed by atoms with Crippen molar-refractivity contribution in [1.29, 1.82) is 0 Å². The van der Waals surface area contributed by atoms with E-state index in [1.165, 1.54) is 0 Å². The molecule has 0 aromatic carbocycles. The molecular formula is C15H21N3O3. The number of likely N-dealkylation sites (tertiary alicyclic amines) is 1. The van der Waals surface area contributed by atoms with E-state index in [2.05, 4.69) is 10.3 Å². The number of urea groups is 1. The predicted octanol–water partition coefficient (Wildman–Crippen LogP) is 1.52. The van der Waals surface area contributed by atoms with Gasteiger partial charge in [0.15, 0.2) is 6.29 Å². The fraction of sp³-hybridized carbons (Fsp3) is 0.600. The molecular weight excluding hydrogens is 270 g/mol. The summed E-state index contributed by atoms with van der Waals surface area (Å²) in [6.45, 7) is 2.42. The first kappa shape index (κ1) is 14.3. The number of hydrogen-bond donors (Lipinski definition) is 1. The Morgan fingerprint density at radius 2 is 2.19 bits per heavy atom. The standard InChI is InChI=1S/C15H21N3O3/c19-15(17-11-12-5-1-3-7-16-12)18-8-4-2-6-13(18)14-20-9-10-21-14/h1,3,5,7,13-14H,2,4,6,8-11H2,(H,17,19)/t13-/m0/s1. The molecule has 1 aromatic heterocycles. The second-order valence-electron chi connectivity index (χ2n) is 5.35. The summed E-state index contributed by atoms with van der Waals surface area (Å²) in [6, 6.07) is 5.63. The van der Waals surface area contributed by atoms with E-state index >= 15 is 0 Å². The molecule has 21 heavy (non-hydrogen) atoms. The number of nitrogens with zero attached hydrogens (tertiary/aromatic N) is 2. The summed E-state index contributed by atoms with van der Waals surface area (Å²) in [5.74, 6) is 0. The van der Waals surface area contributed by atoms with Crippen LogP contribution >= 0.6 is 0 Å². The Morgan fingerprint density at radius 3 is 2.95 bits per heavy atom. The van der Waals surface area contributed by atoms with Gasteiger partial charge < -0.3 is 19.7 Å². The number of ether oxygens (including phenoxy) is 2. The van der Waals surface area contributed by atoms with Crippen LogP contribution < -0.4 is 5.32 Å². The summed E-state index contributed by atoms with van der Waals surface area (Å²) in [4.78, 5) is 18.5. The van der Waals surface area contributed by atoms with E-state index in [-0.39, 0.29) is 18.4 Å². The second kappa shape index (κ2) is 6.87. The van der Waals surface area contributed by atoms with Gasteiger partial charge in [0.25, 0.3) is 0 Å². The number of carbonyl (C=O) groups excluding carboxylic acids is 1. The zero-order valence-corrected chi connectivity index (χ0v) is 12.0. The third kappa shape index (κ3) is 3.51. The van der Waals surface area contributed by atoms with Crippen LogP contribution in [0.5, 0.6) is 0 Å². The first-order valence-electron chi connectivity index (χ1n) is 7.52. The number of amides is 2. The minimum atomic E-state index is -0.272. The van der Waals surface area contributed by atoms with Crippen molar-refractivity contribution in [3.8, 4) is 0 Å². The number of aromatic nitrogens is 1. The summed E-state index contributed by atoms with van der Waals surface area (Å²) < 4.78 is 11.2. The van der Waals surface area contributed by atoms with Gasteiger partial charge in [-0.1, -0.05) is 6.07 Å². The quantitative estimate of drug-likeness (QED) is 0.917. The van der Waals surface area contributed by atoms with Crippen LogP contribution in [-0.2, 0) is 16.0 Å². The summed E-state index contributed by atoms with van der Waals surface area (Å²) in [5, 5.41) is 2.94. The average molecular weight is 291 g/mol. The number of hydrogen-bond acceptors (Lipinski definition) is 4. The van der Waals surface area contributed by atoms with Crippen molar-refractivity contribution in [2.24, 2.45) is 0 Å². The molecule has 3 heterocycles. The molecule has 0 saturated carbocycles. The predicted molar refractivity (Wildman–Crippen MR) is 76.5 cm³/mol. The van der Waals surface area contributed by atoms with Gasteiger partial charge in [-0.3, -0.25) is 4.98 Å². The number of piperidine rings is 1. The summed E-state index contributed by atoms with van der Waals surface area (Å²) in [5.41, 5.74) is 0.854. The Hall–Kier alpha value is -1.66. The van der Waals surface area contributed by atoms with Gasteiger partial charge in [0.1, 0.15) is 0 Å². The van der Waals surface area contributed by atoms with E-state index in [1.807, 2.05) is 23.1 Å². The molecule has 2 aliphatic heterocycles. The number of nitrogens with one attached hydrogen (secondary N) is 1. The molecule has 0 aliphatic carbocycles. The molecule has 2 fully saturated rings. The highest BCUT2D eigenvalue weighted by molar-refractivity contribution is 5.74. The van der Waals surface area contributed by atoms with Gasteiger partial charge in [0, 0.05) is 12.7 Å². The SMILES string of the molecule is O=C(NCc1ccccn1)N1CCCC[C@H]1C1OCCO1. The maximum atomic E-state index is 12.4. The molecule has 1 aromatic rings. The van der Waals surface area contributed by atoms with Crippen molar-refractivity contribution in [2.75, 3.05) is 19.8 Å². The van der Waals surface area contributed by atoms with Gasteiger partial charge in [0.2, 0.25) is 0 Å². The molecule has 6 heteroatoms. The van der Waals surface area contributed by atoms with Gasteiger partial charge in [-0.15, -0.1) is 0 Å². The highest BCUT2D eigenvalue weighted by Gasteiger charge is 2.36. The van der Waals surface area contributed by atoms with Gasteiger partial charge in [-0.05, 0) is 31.4 Å². The molecule has 1 N–H and O–H groups in total. The summed E-state index contributed by atoms with van der Waals surface area (Å²) in [7, 11) is 0. The van der Waals surface area contributed by atoms with Crippen LogP contribution in [0.4, 0.5) is 4.79 Å². The largest absolute Gasteiger partial charge is 0.348 e. The molecule has 0 radical (unpaired) electrons. The molecule has 0 unspecified atom stereocenters. The summed E-state index contributed by atoms with van der Waals surface area (Å²) in [6.07, 6.45) is 4.52. The normalized spacial score (nSPS) is 23.2. The second-order valence-corrected chi connectivity index (χ2v) is 5.35. The highest BCUT2D eigenvalue weighted by Crippen LogP contribution is 2.24. The molecule has 6 nitrogen and oxygen atoms in total. The first-order chi connectivity index (χ1) is 10.3. The van der Waals surface area contributed by atoms with Gasteiger partial charge in [0.05, 0.1) is 31.5 Å². The lowest BCUT2D eigenvalue weighted by Crippen LogP contribution is -2.53. The van der Waals surface area contributed by atoms with Crippen LogP contribution in [-0.4, -0.2) is 48.0 Å². The maximum absolute atomic E-state index is 12.4. The van der Waals surface area contributed by atoms with E-state index < -0.39 is 0 Å². The Bertz CT molecular complexity index is 462. The molecule has 2 aliphatic rings. The lowest BCUT2D eigenvalue weighted by molar-refractivity contribution is -0.0983. The minimum absolute atomic E-state index is 0.0185. The third-order valence-electron chi connectivity index (χ3n) is 3.92.